The largest absolute Gasteiger partial charge is 0.369 e. The predicted molar refractivity (Wildman–Crippen MR) is 87.2 cm³/mol. The molecular weight excluding hydrogens is 318 g/mol. The van der Waals surface area contributed by atoms with Crippen molar-refractivity contribution in [1.29, 1.82) is 0 Å². The van der Waals surface area contributed by atoms with E-state index < -0.39 is 0 Å². The molecule has 20 heavy (non-hydrogen) atoms. The van der Waals surface area contributed by atoms with Crippen LogP contribution < -0.4 is 10.6 Å². The van der Waals surface area contributed by atoms with Gasteiger partial charge in [-0.2, -0.15) is 0 Å². The highest BCUT2D eigenvalue weighted by atomic mass is 79.9. The van der Waals surface area contributed by atoms with E-state index in [9.17, 15) is 0 Å². The van der Waals surface area contributed by atoms with Gasteiger partial charge in [-0.05, 0) is 54.7 Å². The van der Waals surface area contributed by atoms with E-state index in [0.717, 1.165) is 35.7 Å². The number of hydrogen-bond acceptors (Lipinski definition) is 5. The van der Waals surface area contributed by atoms with Gasteiger partial charge < -0.3 is 15.5 Å². The van der Waals surface area contributed by atoms with Crippen LogP contribution in [0.2, 0.25) is 0 Å². The minimum atomic E-state index is 0.609. The number of anilines is 2. The van der Waals surface area contributed by atoms with Gasteiger partial charge in [0.25, 0.3) is 0 Å². The molecule has 1 unspecified atom stereocenters. The minimum Gasteiger partial charge on any atom is -0.369 e. The molecule has 1 aromatic heterocycles. The van der Waals surface area contributed by atoms with Crippen LogP contribution in [0, 0.1) is 5.92 Å². The summed E-state index contributed by atoms with van der Waals surface area (Å²) >= 11 is 3.56. The van der Waals surface area contributed by atoms with Crippen LogP contribution in [0.25, 0.3) is 0 Å². The van der Waals surface area contributed by atoms with E-state index in [1.807, 2.05) is 0 Å². The Morgan fingerprint density at radius 2 is 1.90 bits per heavy atom. The van der Waals surface area contributed by atoms with Crippen molar-refractivity contribution in [2.45, 2.75) is 26.7 Å². The molecule has 0 aromatic carbocycles. The summed E-state index contributed by atoms with van der Waals surface area (Å²) in [6, 6.07) is 0. The van der Waals surface area contributed by atoms with Gasteiger partial charge in [0.05, 0.1) is 0 Å². The molecular formula is C14H24BrN5. The van der Waals surface area contributed by atoms with Gasteiger partial charge in [-0.3, -0.25) is 0 Å². The Bertz CT molecular complexity index is 420. The molecule has 1 saturated heterocycles. The molecule has 1 aliphatic rings. The maximum absolute atomic E-state index is 4.30. The van der Waals surface area contributed by atoms with Crippen LogP contribution in [-0.4, -0.2) is 47.6 Å². The third-order valence-electron chi connectivity index (χ3n) is 3.52. The fraction of sp³-hybridized carbons (Fsp3) is 0.714. The first-order chi connectivity index (χ1) is 9.70. The van der Waals surface area contributed by atoms with Gasteiger partial charge in [0.2, 0.25) is 0 Å². The summed E-state index contributed by atoms with van der Waals surface area (Å²) in [5.41, 5.74) is 0. The second kappa shape index (κ2) is 7.78. The van der Waals surface area contributed by atoms with Crippen LogP contribution in [0.4, 0.5) is 11.6 Å². The standard InChI is InChI=1S/C14H24BrN5/c1-3-16-13-12(15)14(19-10-18-13)17-8-11(2)9-20-6-4-5-7-20/h10-11H,3-9H2,1-2H3,(H2,16,17,18,19). The third-order valence-corrected chi connectivity index (χ3v) is 4.27. The van der Waals surface area contributed by atoms with Crippen molar-refractivity contribution in [1.82, 2.24) is 14.9 Å². The summed E-state index contributed by atoms with van der Waals surface area (Å²) in [5, 5.41) is 6.64. The Hall–Kier alpha value is -0.880. The zero-order valence-electron chi connectivity index (χ0n) is 12.3. The molecule has 0 bridgehead atoms. The van der Waals surface area contributed by atoms with Crippen LogP contribution in [0.5, 0.6) is 0 Å². The van der Waals surface area contributed by atoms with Crippen LogP contribution in [-0.2, 0) is 0 Å². The summed E-state index contributed by atoms with van der Waals surface area (Å²) in [7, 11) is 0. The SMILES string of the molecule is CCNc1ncnc(NCC(C)CN2CCCC2)c1Br. The summed E-state index contributed by atoms with van der Waals surface area (Å²) in [4.78, 5) is 11.1. The molecule has 2 N–H and O–H groups in total. The second-order valence-electron chi connectivity index (χ2n) is 5.41. The van der Waals surface area contributed by atoms with Crippen molar-refractivity contribution in [3.8, 4) is 0 Å². The average Bonchev–Trinajstić information content (AvgIpc) is 2.93. The van der Waals surface area contributed by atoms with Crippen LogP contribution in [0.3, 0.4) is 0 Å². The van der Waals surface area contributed by atoms with E-state index >= 15 is 0 Å². The van der Waals surface area contributed by atoms with Gasteiger partial charge in [0.1, 0.15) is 22.4 Å². The Labute approximate surface area is 129 Å². The Morgan fingerprint density at radius 3 is 2.55 bits per heavy atom. The molecule has 0 spiro atoms. The molecule has 112 valence electrons. The molecule has 6 heteroatoms. The summed E-state index contributed by atoms with van der Waals surface area (Å²) < 4.78 is 0.912. The molecule has 1 aliphatic heterocycles. The topological polar surface area (TPSA) is 53.1 Å². The van der Waals surface area contributed by atoms with E-state index in [2.05, 4.69) is 55.3 Å². The number of nitrogens with zero attached hydrogens (tertiary/aromatic N) is 3. The molecule has 1 aromatic rings. The monoisotopic (exact) mass is 341 g/mol. The van der Waals surface area contributed by atoms with E-state index in [0.29, 0.717) is 5.92 Å². The fourth-order valence-electron chi connectivity index (χ4n) is 2.53. The second-order valence-corrected chi connectivity index (χ2v) is 6.20. The smallest absolute Gasteiger partial charge is 0.145 e. The van der Waals surface area contributed by atoms with Crippen molar-refractivity contribution in [2.75, 3.05) is 43.4 Å². The van der Waals surface area contributed by atoms with Crippen molar-refractivity contribution >= 4 is 27.6 Å². The number of rotatable bonds is 7. The first-order valence-electron chi connectivity index (χ1n) is 7.41. The normalized spacial score (nSPS) is 17.1. The first-order valence-corrected chi connectivity index (χ1v) is 8.20. The van der Waals surface area contributed by atoms with Gasteiger partial charge in [-0.1, -0.05) is 6.92 Å². The Kier molecular flexibility index (Phi) is 6.04. The molecule has 0 amide bonds. The van der Waals surface area contributed by atoms with Crippen molar-refractivity contribution in [2.24, 2.45) is 5.92 Å². The third kappa shape index (κ3) is 4.31. The Morgan fingerprint density at radius 1 is 1.25 bits per heavy atom. The van der Waals surface area contributed by atoms with Crippen LogP contribution in [0.15, 0.2) is 10.8 Å². The summed E-state index contributed by atoms with van der Waals surface area (Å²) in [5.74, 6) is 2.32. The lowest BCUT2D eigenvalue weighted by atomic mass is 10.1. The van der Waals surface area contributed by atoms with Gasteiger partial charge >= 0.3 is 0 Å². The van der Waals surface area contributed by atoms with Gasteiger partial charge in [-0.15, -0.1) is 0 Å². The summed E-state index contributed by atoms with van der Waals surface area (Å²) in [6.07, 6.45) is 4.30. The molecule has 1 fully saturated rings. The maximum atomic E-state index is 4.30. The lowest BCUT2D eigenvalue weighted by Crippen LogP contribution is -2.29. The maximum Gasteiger partial charge on any atom is 0.145 e. The number of aromatic nitrogens is 2. The van der Waals surface area contributed by atoms with Crippen molar-refractivity contribution in [3.63, 3.8) is 0 Å². The first kappa shape index (κ1) is 15.5. The molecule has 1 atom stereocenters. The quantitative estimate of drug-likeness (QED) is 0.798. The van der Waals surface area contributed by atoms with E-state index in [-0.39, 0.29) is 0 Å². The molecule has 0 radical (unpaired) electrons. The van der Waals surface area contributed by atoms with E-state index in [4.69, 9.17) is 0 Å². The van der Waals surface area contributed by atoms with E-state index in [1.165, 1.54) is 25.9 Å². The van der Waals surface area contributed by atoms with Gasteiger partial charge in [0, 0.05) is 19.6 Å². The van der Waals surface area contributed by atoms with Gasteiger partial charge in [0.15, 0.2) is 0 Å². The predicted octanol–water partition coefficient (Wildman–Crippen LogP) is 2.81. The average molecular weight is 342 g/mol. The summed E-state index contributed by atoms with van der Waals surface area (Å²) in [6.45, 7) is 9.79. The highest BCUT2D eigenvalue weighted by Gasteiger charge is 2.15. The van der Waals surface area contributed by atoms with Crippen molar-refractivity contribution < 1.29 is 0 Å². The minimum absolute atomic E-state index is 0.609. The zero-order valence-corrected chi connectivity index (χ0v) is 13.9. The molecule has 2 heterocycles. The highest BCUT2D eigenvalue weighted by Crippen LogP contribution is 2.26. The molecule has 0 saturated carbocycles. The molecule has 5 nitrogen and oxygen atoms in total. The van der Waals surface area contributed by atoms with Crippen molar-refractivity contribution in [3.05, 3.63) is 10.8 Å². The van der Waals surface area contributed by atoms with Crippen LogP contribution in [0.1, 0.15) is 26.7 Å². The van der Waals surface area contributed by atoms with Crippen LogP contribution >= 0.6 is 15.9 Å². The molecule has 2 rings (SSSR count). The lowest BCUT2D eigenvalue weighted by Gasteiger charge is -2.21. The number of halogens is 1. The Balaban J connectivity index is 1.84. The highest BCUT2D eigenvalue weighted by molar-refractivity contribution is 9.10. The number of nitrogens with one attached hydrogen (secondary N) is 2. The van der Waals surface area contributed by atoms with Gasteiger partial charge in [-0.25, -0.2) is 9.97 Å². The lowest BCUT2D eigenvalue weighted by molar-refractivity contribution is 0.294. The molecule has 0 aliphatic carbocycles. The fourth-order valence-corrected chi connectivity index (χ4v) is 3.01. The zero-order chi connectivity index (χ0) is 14.4. The number of hydrogen-bond donors (Lipinski definition) is 2. The van der Waals surface area contributed by atoms with E-state index in [1.54, 1.807) is 6.33 Å². The number of likely N-dealkylation sites (tertiary alicyclic amines) is 1.